The monoisotopic (exact) mass is 453 g/mol. The van der Waals surface area contributed by atoms with Crippen molar-refractivity contribution in [3.8, 4) is 11.8 Å². The molecule has 2 aromatic carbocycles. The molecule has 2 aromatic rings. The molecule has 0 atom stereocenters. The highest BCUT2D eigenvalue weighted by molar-refractivity contribution is 8.14. The Labute approximate surface area is 179 Å². The number of nitrogens with zero attached hydrogens (tertiary/aromatic N) is 3. The van der Waals surface area contributed by atoms with Gasteiger partial charge in [-0.25, -0.2) is 4.99 Å². The zero-order valence-electron chi connectivity index (χ0n) is 14.5. The number of carbonyl (C=O) groups is 1. The van der Waals surface area contributed by atoms with Gasteiger partial charge >= 0.3 is 6.61 Å². The minimum absolute atomic E-state index is 0.0396. The second kappa shape index (κ2) is 9.27. The van der Waals surface area contributed by atoms with Crippen LogP contribution in [0, 0.1) is 11.3 Å². The fraction of sp³-hybridized carbons (Fsp3) is 0.105. The number of aliphatic imine (C=N–C) groups is 1. The minimum Gasteiger partial charge on any atom is -0.435 e. The Morgan fingerprint density at radius 3 is 2.59 bits per heavy atom. The first-order chi connectivity index (χ1) is 13.9. The van der Waals surface area contributed by atoms with Crippen LogP contribution >= 0.6 is 35.0 Å². The average molecular weight is 454 g/mol. The van der Waals surface area contributed by atoms with E-state index in [9.17, 15) is 13.6 Å². The molecule has 1 heterocycles. The van der Waals surface area contributed by atoms with Gasteiger partial charge in [0.05, 0.1) is 17.5 Å². The molecule has 0 aliphatic carbocycles. The van der Waals surface area contributed by atoms with Crippen molar-refractivity contribution in [1.29, 1.82) is 5.26 Å². The highest BCUT2D eigenvalue weighted by Crippen LogP contribution is 2.32. The third kappa shape index (κ3) is 5.07. The lowest BCUT2D eigenvalue weighted by Crippen LogP contribution is -2.30. The van der Waals surface area contributed by atoms with E-state index in [1.165, 1.54) is 35.2 Å². The summed E-state index contributed by atoms with van der Waals surface area (Å²) in [4.78, 5) is 18.6. The van der Waals surface area contributed by atoms with E-state index in [-0.39, 0.29) is 22.4 Å². The molecule has 10 heteroatoms. The molecule has 0 unspecified atom stereocenters. The summed E-state index contributed by atoms with van der Waals surface area (Å²) in [6.45, 7) is -2.95. The molecule has 0 bridgehead atoms. The first-order valence-corrected chi connectivity index (χ1v) is 9.77. The molecule has 1 aliphatic heterocycles. The van der Waals surface area contributed by atoms with Crippen molar-refractivity contribution in [3.05, 3.63) is 63.8 Å². The molecule has 148 valence electrons. The average Bonchev–Trinajstić information content (AvgIpc) is 2.98. The van der Waals surface area contributed by atoms with Gasteiger partial charge in [0.1, 0.15) is 11.4 Å². The number of rotatable bonds is 5. The molecule has 0 N–H and O–H groups in total. The summed E-state index contributed by atoms with van der Waals surface area (Å²) in [6.07, 6.45) is 1.52. The zero-order valence-corrected chi connectivity index (χ0v) is 16.8. The molecule has 0 saturated carbocycles. The summed E-state index contributed by atoms with van der Waals surface area (Å²) in [5.74, 6) is -0.411. The molecule has 0 aromatic heterocycles. The number of thioether (sulfide) groups is 1. The second-order valence-electron chi connectivity index (χ2n) is 5.55. The van der Waals surface area contributed by atoms with Gasteiger partial charge in [-0.2, -0.15) is 14.0 Å². The van der Waals surface area contributed by atoms with Crippen LogP contribution in [-0.4, -0.2) is 23.4 Å². The Bertz CT molecular complexity index is 1040. The van der Waals surface area contributed by atoms with Crippen LogP contribution < -0.4 is 9.64 Å². The summed E-state index contributed by atoms with van der Waals surface area (Å²) in [7, 11) is 0. The van der Waals surface area contributed by atoms with Gasteiger partial charge in [0.2, 0.25) is 0 Å². The molecule has 0 saturated heterocycles. The molecule has 3 rings (SSSR count). The van der Waals surface area contributed by atoms with Crippen molar-refractivity contribution >= 4 is 57.8 Å². The van der Waals surface area contributed by atoms with Crippen LogP contribution in [0.15, 0.2) is 53.2 Å². The van der Waals surface area contributed by atoms with Crippen LogP contribution in [0.5, 0.6) is 5.75 Å². The fourth-order valence-electron chi connectivity index (χ4n) is 2.46. The predicted molar refractivity (Wildman–Crippen MR) is 111 cm³/mol. The number of amidine groups is 1. The quantitative estimate of drug-likeness (QED) is 0.552. The zero-order chi connectivity index (χ0) is 21.0. The van der Waals surface area contributed by atoms with Gasteiger partial charge in [0, 0.05) is 10.0 Å². The molecular weight excluding hydrogens is 443 g/mol. The number of hydrogen-bond donors (Lipinski definition) is 0. The highest BCUT2D eigenvalue weighted by atomic mass is 35.5. The van der Waals surface area contributed by atoms with Gasteiger partial charge in [0.25, 0.3) is 5.91 Å². The Morgan fingerprint density at radius 2 is 1.97 bits per heavy atom. The molecule has 5 nitrogen and oxygen atoms in total. The van der Waals surface area contributed by atoms with Crippen LogP contribution in [0.3, 0.4) is 0 Å². The number of benzene rings is 2. The summed E-state index contributed by atoms with van der Waals surface area (Å²) < 4.78 is 29.0. The summed E-state index contributed by atoms with van der Waals surface area (Å²) in [5, 5.41) is 9.97. The van der Waals surface area contributed by atoms with E-state index < -0.39 is 12.5 Å². The van der Waals surface area contributed by atoms with Crippen molar-refractivity contribution in [2.75, 3.05) is 10.7 Å². The molecule has 1 aliphatic rings. The summed E-state index contributed by atoms with van der Waals surface area (Å²) >= 11 is 13.1. The van der Waals surface area contributed by atoms with Crippen LogP contribution in [-0.2, 0) is 4.79 Å². The lowest BCUT2D eigenvalue weighted by Gasteiger charge is -2.17. The minimum atomic E-state index is -2.95. The van der Waals surface area contributed by atoms with Gasteiger partial charge in [-0.1, -0.05) is 41.0 Å². The Balaban J connectivity index is 1.94. The van der Waals surface area contributed by atoms with E-state index in [4.69, 9.17) is 28.5 Å². The van der Waals surface area contributed by atoms with Crippen molar-refractivity contribution in [3.63, 3.8) is 0 Å². The van der Waals surface area contributed by atoms with E-state index in [1.54, 1.807) is 18.2 Å². The Kier molecular flexibility index (Phi) is 6.75. The fourth-order valence-corrected chi connectivity index (χ4v) is 3.60. The molecule has 0 radical (unpaired) electrons. The smallest absolute Gasteiger partial charge is 0.387 e. The van der Waals surface area contributed by atoms with Crippen molar-refractivity contribution in [2.24, 2.45) is 4.99 Å². The van der Waals surface area contributed by atoms with Gasteiger partial charge in [-0.05, 0) is 48.0 Å². The van der Waals surface area contributed by atoms with Crippen LogP contribution in [0.4, 0.5) is 14.5 Å². The molecule has 1 amide bonds. The number of halogens is 4. The van der Waals surface area contributed by atoms with Crippen molar-refractivity contribution < 1.29 is 18.3 Å². The number of carbonyl (C=O) groups excluding carboxylic acids is 1. The molecular formula is C19H11Cl2F2N3O2S. The van der Waals surface area contributed by atoms with Gasteiger partial charge in [0.15, 0.2) is 5.17 Å². The van der Waals surface area contributed by atoms with E-state index in [0.29, 0.717) is 21.3 Å². The number of nitriles is 1. The second-order valence-corrected chi connectivity index (χ2v) is 7.34. The number of ether oxygens (including phenoxy) is 1. The predicted octanol–water partition coefficient (Wildman–Crippen LogP) is 5.60. The first-order valence-electron chi connectivity index (χ1n) is 8.03. The maximum Gasteiger partial charge on any atom is 0.387 e. The number of amides is 1. The van der Waals surface area contributed by atoms with Gasteiger partial charge in [-0.3, -0.25) is 9.69 Å². The Hall–Kier alpha value is -2.60. The highest BCUT2D eigenvalue weighted by Gasteiger charge is 2.32. The Morgan fingerprint density at radius 1 is 1.24 bits per heavy atom. The van der Waals surface area contributed by atoms with Crippen LogP contribution in [0.2, 0.25) is 10.0 Å². The van der Waals surface area contributed by atoms with Gasteiger partial charge in [-0.15, -0.1) is 0 Å². The first kappa shape index (κ1) is 21.1. The van der Waals surface area contributed by atoms with E-state index in [0.717, 1.165) is 11.8 Å². The summed E-state index contributed by atoms with van der Waals surface area (Å²) in [6, 6.07) is 12.4. The number of anilines is 1. The van der Waals surface area contributed by atoms with E-state index >= 15 is 0 Å². The summed E-state index contributed by atoms with van der Waals surface area (Å²) in [5.41, 5.74) is 1.06. The SMILES string of the molecule is N#CCSC1=NC(=Cc2ccc(Cl)cc2Cl)C(=O)N1c1ccc(OC(F)F)cc1. The van der Waals surface area contributed by atoms with Crippen LogP contribution in [0.1, 0.15) is 5.56 Å². The third-order valence-electron chi connectivity index (χ3n) is 3.67. The number of hydrogen-bond acceptors (Lipinski definition) is 5. The maximum atomic E-state index is 13.0. The largest absolute Gasteiger partial charge is 0.435 e. The topological polar surface area (TPSA) is 65.7 Å². The lowest BCUT2D eigenvalue weighted by atomic mass is 10.2. The number of alkyl halides is 2. The lowest BCUT2D eigenvalue weighted by molar-refractivity contribution is -0.113. The van der Waals surface area contributed by atoms with Crippen molar-refractivity contribution in [1.82, 2.24) is 0 Å². The normalized spacial score (nSPS) is 15.0. The van der Waals surface area contributed by atoms with Gasteiger partial charge < -0.3 is 4.74 Å². The standard InChI is InChI=1S/C19H11Cl2F2N3O2S/c20-12-2-1-11(15(21)10-12)9-16-17(27)26(19(25-16)29-8-7-24)13-3-5-14(6-4-13)28-18(22)23/h1-6,9-10,18H,8H2. The molecule has 29 heavy (non-hydrogen) atoms. The molecule has 0 spiro atoms. The third-order valence-corrected chi connectivity index (χ3v) is 5.04. The van der Waals surface area contributed by atoms with E-state index in [1.807, 2.05) is 6.07 Å². The maximum absolute atomic E-state index is 13.0. The van der Waals surface area contributed by atoms with Crippen molar-refractivity contribution in [2.45, 2.75) is 6.61 Å². The molecule has 0 fully saturated rings. The van der Waals surface area contributed by atoms with Crippen LogP contribution in [0.25, 0.3) is 6.08 Å². The van der Waals surface area contributed by atoms with E-state index in [2.05, 4.69) is 9.73 Å².